The van der Waals surface area contributed by atoms with Gasteiger partial charge in [0.05, 0.1) is 0 Å². The van der Waals surface area contributed by atoms with Crippen LogP contribution in [0.25, 0.3) is 0 Å². The van der Waals surface area contributed by atoms with Gasteiger partial charge in [0.25, 0.3) is 0 Å². The van der Waals surface area contributed by atoms with Gasteiger partial charge in [0.1, 0.15) is 12.5 Å². The molecule has 0 saturated carbocycles. The molecule has 0 spiro atoms. The Morgan fingerprint density at radius 3 is 1.44 bits per heavy atom. The maximum absolute atomic E-state index is 10.2. The Morgan fingerprint density at radius 2 is 1.17 bits per heavy atom. The molecular weight excluding hydrogens is 226 g/mol. The van der Waals surface area contributed by atoms with E-state index in [2.05, 4.69) is 13.8 Å². The van der Waals surface area contributed by atoms with Gasteiger partial charge in [0, 0.05) is 6.04 Å². The van der Waals surface area contributed by atoms with Crippen LogP contribution in [0.5, 0.6) is 0 Å². The quantitative estimate of drug-likeness (QED) is 0.441. The molecule has 18 heavy (non-hydrogen) atoms. The predicted molar refractivity (Wildman–Crippen MR) is 77.3 cm³/mol. The Morgan fingerprint density at radius 1 is 0.778 bits per heavy atom. The van der Waals surface area contributed by atoms with E-state index >= 15 is 0 Å². The number of aliphatic hydroxyl groups excluding tert-OH is 2. The molecule has 0 rings (SSSR count). The van der Waals surface area contributed by atoms with Gasteiger partial charge in [-0.1, -0.05) is 39.5 Å². The predicted octanol–water partition coefficient (Wildman–Crippen LogP) is 3.49. The van der Waals surface area contributed by atoms with E-state index in [1.165, 1.54) is 0 Å². The van der Waals surface area contributed by atoms with Crippen molar-refractivity contribution in [2.24, 2.45) is 0 Å². The first-order valence-electron chi connectivity index (χ1n) is 7.68. The zero-order chi connectivity index (χ0) is 14.0. The van der Waals surface area contributed by atoms with Crippen molar-refractivity contribution in [3.8, 4) is 0 Å². The Balaban J connectivity index is 4.17. The highest BCUT2D eigenvalue weighted by Crippen LogP contribution is 2.17. The monoisotopic (exact) mass is 259 g/mol. The molecular formula is C15H33NO2. The van der Waals surface area contributed by atoms with Crippen LogP contribution in [-0.4, -0.2) is 33.6 Å². The van der Waals surface area contributed by atoms with Crippen LogP contribution in [0.3, 0.4) is 0 Å². The Labute approximate surface area is 113 Å². The van der Waals surface area contributed by atoms with Gasteiger partial charge >= 0.3 is 0 Å². The molecule has 2 N–H and O–H groups in total. The highest BCUT2D eigenvalue weighted by Gasteiger charge is 2.24. The molecule has 3 heteroatoms. The molecule has 0 radical (unpaired) electrons. The van der Waals surface area contributed by atoms with Crippen molar-refractivity contribution in [1.82, 2.24) is 4.90 Å². The smallest absolute Gasteiger partial charge is 0.109 e. The van der Waals surface area contributed by atoms with Crippen molar-refractivity contribution in [2.75, 3.05) is 0 Å². The lowest BCUT2D eigenvalue weighted by Gasteiger charge is -2.35. The van der Waals surface area contributed by atoms with Gasteiger partial charge in [-0.15, -0.1) is 0 Å². The third-order valence-electron chi connectivity index (χ3n) is 3.42. The number of aliphatic hydroxyl groups is 2. The van der Waals surface area contributed by atoms with Gasteiger partial charge in [-0.2, -0.15) is 0 Å². The fraction of sp³-hybridized carbons (Fsp3) is 1.00. The van der Waals surface area contributed by atoms with E-state index < -0.39 is 12.5 Å². The number of rotatable bonds is 11. The lowest BCUT2D eigenvalue weighted by Crippen LogP contribution is -2.47. The summed E-state index contributed by atoms with van der Waals surface area (Å²) >= 11 is 0. The molecule has 0 aromatic heterocycles. The second kappa shape index (κ2) is 10.8. The summed E-state index contributed by atoms with van der Waals surface area (Å²) in [6.07, 6.45) is 7.19. The summed E-state index contributed by atoms with van der Waals surface area (Å²) < 4.78 is 0. The van der Waals surface area contributed by atoms with Crippen LogP contribution in [0.1, 0.15) is 79.1 Å². The van der Waals surface area contributed by atoms with E-state index in [9.17, 15) is 10.2 Å². The lowest BCUT2D eigenvalue weighted by atomic mass is 10.1. The molecule has 3 nitrogen and oxygen atoms in total. The van der Waals surface area contributed by atoms with Crippen LogP contribution in [0.2, 0.25) is 0 Å². The van der Waals surface area contributed by atoms with Crippen LogP contribution in [-0.2, 0) is 0 Å². The third-order valence-corrected chi connectivity index (χ3v) is 3.42. The van der Waals surface area contributed by atoms with Gasteiger partial charge in [0.2, 0.25) is 0 Å². The standard InChI is InChI=1S/C15H33NO2/c1-5-7-9-11-14(17)16(13(3)4)15(18)12-10-8-6-2/h13-15,17-18H,5-12H2,1-4H3. The Bertz CT molecular complexity index is 169. The van der Waals surface area contributed by atoms with E-state index in [-0.39, 0.29) is 6.04 Å². The van der Waals surface area contributed by atoms with Gasteiger partial charge in [-0.3, -0.25) is 4.90 Å². The maximum atomic E-state index is 10.2. The van der Waals surface area contributed by atoms with Gasteiger partial charge < -0.3 is 10.2 Å². The summed E-state index contributed by atoms with van der Waals surface area (Å²) in [6.45, 7) is 8.39. The average molecular weight is 259 g/mol. The molecule has 0 fully saturated rings. The zero-order valence-electron chi connectivity index (χ0n) is 12.7. The van der Waals surface area contributed by atoms with Crippen molar-refractivity contribution in [3.63, 3.8) is 0 Å². The highest BCUT2D eigenvalue weighted by atomic mass is 16.3. The number of hydrogen-bond donors (Lipinski definition) is 2. The summed E-state index contributed by atoms with van der Waals surface area (Å²) in [4.78, 5) is 1.85. The van der Waals surface area contributed by atoms with Gasteiger partial charge in [-0.25, -0.2) is 0 Å². The minimum atomic E-state index is -0.506. The van der Waals surface area contributed by atoms with Crippen LogP contribution < -0.4 is 0 Å². The van der Waals surface area contributed by atoms with Crippen LogP contribution >= 0.6 is 0 Å². The summed E-state index contributed by atoms with van der Waals surface area (Å²) in [5.41, 5.74) is 0. The number of hydrogen-bond acceptors (Lipinski definition) is 3. The molecule has 2 atom stereocenters. The minimum Gasteiger partial charge on any atom is -0.378 e. The van der Waals surface area contributed by atoms with Crippen molar-refractivity contribution in [2.45, 2.75) is 97.6 Å². The first-order chi connectivity index (χ1) is 8.54. The first-order valence-corrected chi connectivity index (χ1v) is 7.68. The van der Waals surface area contributed by atoms with Crippen molar-refractivity contribution in [3.05, 3.63) is 0 Å². The van der Waals surface area contributed by atoms with Gasteiger partial charge in [-0.05, 0) is 39.5 Å². The lowest BCUT2D eigenvalue weighted by molar-refractivity contribution is -0.125. The van der Waals surface area contributed by atoms with Crippen molar-refractivity contribution >= 4 is 0 Å². The molecule has 0 aromatic rings. The second-order valence-electron chi connectivity index (χ2n) is 5.49. The zero-order valence-corrected chi connectivity index (χ0v) is 12.7. The average Bonchev–Trinajstić information content (AvgIpc) is 2.29. The summed E-state index contributed by atoms with van der Waals surface area (Å²) in [5, 5.41) is 20.4. The molecule has 2 unspecified atom stereocenters. The molecule has 0 amide bonds. The van der Waals surface area contributed by atoms with E-state index in [4.69, 9.17) is 0 Å². The third kappa shape index (κ3) is 7.34. The van der Waals surface area contributed by atoms with Crippen LogP contribution in [0, 0.1) is 0 Å². The van der Waals surface area contributed by atoms with E-state index in [1.807, 2.05) is 18.7 Å². The molecule has 0 aliphatic carbocycles. The molecule has 0 aliphatic heterocycles. The van der Waals surface area contributed by atoms with Crippen LogP contribution in [0.15, 0.2) is 0 Å². The summed E-state index contributed by atoms with van der Waals surface area (Å²) in [5.74, 6) is 0. The second-order valence-corrected chi connectivity index (χ2v) is 5.49. The topological polar surface area (TPSA) is 43.7 Å². The molecule has 0 bridgehead atoms. The SMILES string of the molecule is CCCCCC(O)N(C(C)C)C(O)CCCCC. The van der Waals surface area contributed by atoms with E-state index in [0.717, 1.165) is 51.4 Å². The number of nitrogens with zero attached hydrogens (tertiary/aromatic N) is 1. The normalized spacial score (nSPS) is 15.3. The fourth-order valence-electron chi connectivity index (χ4n) is 2.34. The fourth-order valence-corrected chi connectivity index (χ4v) is 2.34. The number of unbranched alkanes of at least 4 members (excludes halogenated alkanes) is 4. The largest absolute Gasteiger partial charge is 0.378 e. The van der Waals surface area contributed by atoms with Gasteiger partial charge in [0.15, 0.2) is 0 Å². The first kappa shape index (κ1) is 17.9. The molecule has 0 aliphatic rings. The highest BCUT2D eigenvalue weighted by molar-refractivity contribution is 4.70. The van der Waals surface area contributed by atoms with Crippen molar-refractivity contribution in [1.29, 1.82) is 0 Å². The molecule has 0 saturated heterocycles. The van der Waals surface area contributed by atoms with E-state index in [0.29, 0.717) is 0 Å². The van der Waals surface area contributed by atoms with E-state index in [1.54, 1.807) is 0 Å². The molecule has 0 aromatic carbocycles. The van der Waals surface area contributed by atoms with Crippen molar-refractivity contribution < 1.29 is 10.2 Å². The Kier molecular flexibility index (Phi) is 10.7. The Hall–Kier alpha value is -0.120. The molecule has 110 valence electrons. The molecule has 0 heterocycles. The van der Waals surface area contributed by atoms with Crippen LogP contribution in [0.4, 0.5) is 0 Å². The maximum Gasteiger partial charge on any atom is 0.109 e. The minimum absolute atomic E-state index is 0.179. The summed E-state index contributed by atoms with van der Waals surface area (Å²) in [6, 6.07) is 0.179. The summed E-state index contributed by atoms with van der Waals surface area (Å²) in [7, 11) is 0.